The first-order valence-corrected chi connectivity index (χ1v) is 7.68. The van der Waals surface area contributed by atoms with E-state index in [2.05, 4.69) is 17.3 Å². The molecule has 2 nitrogen and oxygen atoms in total. The lowest BCUT2D eigenvalue weighted by Gasteiger charge is -2.64. The fourth-order valence-corrected chi connectivity index (χ4v) is 6.07. The van der Waals surface area contributed by atoms with Crippen LogP contribution in [0.1, 0.15) is 51.4 Å². The molecule has 2 atom stereocenters. The number of nitrogens with zero attached hydrogens (tertiary/aromatic N) is 1. The van der Waals surface area contributed by atoms with Crippen molar-refractivity contribution in [2.75, 3.05) is 20.1 Å². The second-order valence-corrected chi connectivity index (χ2v) is 7.41. The maximum absolute atomic E-state index is 3.73. The Morgan fingerprint density at radius 1 is 1.00 bits per heavy atom. The maximum atomic E-state index is 3.73. The van der Waals surface area contributed by atoms with Gasteiger partial charge in [-0.15, -0.1) is 0 Å². The monoisotopic (exact) mass is 234 g/mol. The van der Waals surface area contributed by atoms with Crippen molar-refractivity contribution in [2.24, 2.45) is 11.8 Å². The lowest BCUT2D eigenvalue weighted by molar-refractivity contribution is -0.101. The van der Waals surface area contributed by atoms with Crippen LogP contribution in [0, 0.1) is 11.8 Å². The third-order valence-corrected chi connectivity index (χ3v) is 6.34. The van der Waals surface area contributed by atoms with Gasteiger partial charge in [-0.2, -0.15) is 0 Å². The third kappa shape index (κ3) is 1.46. The van der Waals surface area contributed by atoms with Crippen molar-refractivity contribution in [2.45, 2.75) is 62.4 Å². The van der Waals surface area contributed by atoms with E-state index in [9.17, 15) is 0 Å². The van der Waals surface area contributed by atoms with E-state index < -0.39 is 0 Å². The molecule has 5 rings (SSSR count). The smallest absolute Gasteiger partial charge is 0.0232 e. The standard InChI is InChI=1S/C15H26N2/c1-16-14-7-12-6-13(8-14)10-15(9-12,11-14)17-4-2-3-5-17/h12-13,16H,2-11H2,1H3. The molecular weight excluding hydrogens is 208 g/mol. The van der Waals surface area contributed by atoms with Crippen LogP contribution in [0.5, 0.6) is 0 Å². The molecule has 4 saturated carbocycles. The zero-order valence-electron chi connectivity index (χ0n) is 11.2. The summed E-state index contributed by atoms with van der Waals surface area (Å²) < 4.78 is 0. The fourth-order valence-electron chi connectivity index (χ4n) is 6.07. The van der Waals surface area contributed by atoms with E-state index in [0.29, 0.717) is 11.1 Å². The molecule has 1 aliphatic heterocycles. The highest BCUT2D eigenvalue weighted by molar-refractivity contribution is 5.16. The van der Waals surface area contributed by atoms with Crippen LogP contribution in [-0.2, 0) is 0 Å². The quantitative estimate of drug-likeness (QED) is 0.789. The SMILES string of the molecule is CNC12CC3CC(C1)CC(N1CCCC1)(C3)C2. The molecule has 1 heterocycles. The first-order chi connectivity index (χ1) is 8.24. The normalized spacial score (nSPS) is 53.5. The minimum absolute atomic E-state index is 0.521. The van der Waals surface area contributed by atoms with E-state index >= 15 is 0 Å². The van der Waals surface area contributed by atoms with Gasteiger partial charge in [0.1, 0.15) is 0 Å². The first kappa shape index (κ1) is 10.8. The minimum Gasteiger partial charge on any atom is -0.314 e. The number of nitrogens with one attached hydrogen (secondary N) is 1. The Kier molecular flexibility index (Phi) is 2.21. The molecule has 0 aromatic heterocycles. The molecule has 2 heteroatoms. The molecule has 0 aromatic rings. The molecule has 4 bridgehead atoms. The van der Waals surface area contributed by atoms with E-state index in [4.69, 9.17) is 0 Å². The highest BCUT2D eigenvalue weighted by Crippen LogP contribution is 2.59. The van der Waals surface area contributed by atoms with Crippen LogP contribution < -0.4 is 5.32 Å². The number of likely N-dealkylation sites (tertiary alicyclic amines) is 1. The Labute approximate surface area is 105 Å². The Morgan fingerprint density at radius 3 is 2.24 bits per heavy atom. The number of rotatable bonds is 2. The molecule has 96 valence electrons. The van der Waals surface area contributed by atoms with E-state index in [0.717, 1.165) is 11.8 Å². The van der Waals surface area contributed by atoms with Crippen molar-refractivity contribution in [3.63, 3.8) is 0 Å². The molecule has 17 heavy (non-hydrogen) atoms. The molecule has 5 fully saturated rings. The van der Waals surface area contributed by atoms with Crippen molar-refractivity contribution >= 4 is 0 Å². The summed E-state index contributed by atoms with van der Waals surface area (Å²) in [5, 5.41) is 3.73. The van der Waals surface area contributed by atoms with Gasteiger partial charge in [0.15, 0.2) is 0 Å². The Balaban J connectivity index is 1.68. The molecular formula is C15H26N2. The average Bonchev–Trinajstić information content (AvgIpc) is 2.81. The van der Waals surface area contributed by atoms with Crippen molar-refractivity contribution in [1.82, 2.24) is 10.2 Å². The van der Waals surface area contributed by atoms with Crippen LogP contribution >= 0.6 is 0 Å². The van der Waals surface area contributed by atoms with E-state index in [-0.39, 0.29) is 0 Å². The summed E-state index contributed by atoms with van der Waals surface area (Å²) in [6.45, 7) is 2.78. The Bertz CT molecular complexity index is 305. The minimum atomic E-state index is 0.521. The highest BCUT2D eigenvalue weighted by atomic mass is 15.2. The molecule has 4 aliphatic carbocycles. The van der Waals surface area contributed by atoms with Crippen molar-refractivity contribution in [1.29, 1.82) is 0 Å². The second kappa shape index (κ2) is 3.48. The zero-order valence-corrected chi connectivity index (χ0v) is 11.2. The van der Waals surface area contributed by atoms with Gasteiger partial charge in [0.2, 0.25) is 0 Å². The molecule has 0 spiro atoms. The van der Waals surface area contributed by atoms with E-state index in [1.165, 1.54) is 58.0 Å². The summed E-state index contributed by atoms with van der Waals surface area (Å²) in [4.78, 5) is 2.89. The predicted molar refractivity (Wildman–Crippen MR) is 70.0 cm³/mol. The van der Waals surface area contributed by atoms with Gasteiger partial charge < -0.3 is 5.32 Å². The fraction of sp³-hybridized carbons (Fsp3) is 1.00. The van der Waals surface area contributed by atoms with Crippen LogP contribution in [-0.4, -0.2) is 36.1 Å². The average molecular weight is 234 g/mol. The van der Waals surface area contributed by atoms with Gasteiger partial charge in [-0.05, 0) is 83.3 Å². The maximum Gasteiger partial charge on any atom is 0.0232 e. The van der Waals surface area contributed by atoms with Gasteiger partial charge in [-0.3, -0.25) is 4.90 Å². The lowest BCUT2D eigenvalue weighted by atomic mass is 9.49. The third-order valence-electron chi connectivity index (χ3n) is 6.34. The van der Waals surface area contributed by atoms with Crippen LogP contribution in [0.3, 0.4) is 0 Å². The largest absolute Gasteiger partial charge is 0.314 e. The van der Waals surface area contributed by atoms with Crippen LogP contribution in [0.25, 0.3) is 0 Å². The molecule has 1 saturated heterocycles. The van der Waals surface area contributed by atoms with Crippen LogP contribution in [0.15, 0.2) is 0 Å². The molecule has 0 amide bonds. The van der Waals surface area contributed by atoms with Crippen molar-refractivity contribution in [3.8, 4) is 0 Å². The molecule has 2 unspecified atom stereocenters. The summed E-state index contributed by atoms with van der Waals surface area (Å²) in [7, 11) is 2.21. The summed E-state index contributed by atoms with van der Waals surface area (Å²) >= 11 is 0. The summed E-state index contributed by atoms with van der Waals surface area (Å²) in [6.07, 6.45) is 11.9. The van der Waals surface area contributed by atoms with Crippen molar-refractivity contribution < 1.29 is 0 Å². The Morgan fingerprint density at radius 2 is 1.65 bits per heavy atom. The van der Waals surface area contributed by atoms with Gasteiger partial charge in [-0.25, -0.2) is 0 Å². The first-order valence-electron chi connectivity index (χ1n) is 7.68. The summed E-state index contributed by atoms with van der Waals surface area (Å²) in [5.74, 6) is 2.06. The topological polar surface area (TPSA) is 15.3 Å². The molecule has 5 aliphatic rings. The summed E-state index contributed by atoms with van der Waals surface area (Å²) in [6, 6.07) is 0. The van der Waals surface area contributed by atoms with Gasteiger partial charge in [0.05, 0.1) is 0 Å². The number of hydrogen-bond donors (Lipinski definition) is 1. The molecule has 1 N–H and O–H groups in total. The van der Waals surface area contributed by atoms with Gasteiger partial charge in [0, 0.05) is 11.1 Å². The number of hydrogen-bond acceptors (Lipinski definition) is 2. The van der Waals surface area contributed by atoms with Crippen molar-refractivity contribution in [3.05, 3.63) is 0 Å². The van der Waals surface area contributed by atoms with Gasteiger partial charge in [-0.1, -0.05) is 0 Å². The Hall–Kier alpha value is -0.0800. The van der Waals surface area contributed by atoms with E-state index in [1.807, 2.05) is 0 Å². The van der Waals surface area contributed by atoms with Gasteiger partial charge >= 0.3 is 0 Å². The van der Waals surface area contributed by atoms with Crippen LogP contribution in [0.4, 0.5) is 0 Å². The van der Waals surface area contributed by atoms with Gasteiger partial charge in [0.25, 0.3) is 0 Å². The molecule has 0 radical (unpaired) electrons. The molecule has 0 aromatic carbocycles. The zero-order chi connectivity index (χ0) is 11.5. The predicted octanol–water partition coefficient (Wildman–Crippen LogP) is 2.39. The second-order valence-electron chi connectivity index (χ2n) is 7.41. The van der Waals surface area contributed by atoms with E-state index in [1.54, 1.807) is 6.42 Å². The summed E-state index contributed by atoms with van der Waals surface area (Å²) in [5.41, 5.74) is 1.14. The highest BCUT2D eigenvalue weighted by Gasteiger charge is 2.59. The lowest BCUT2D eigenvalue weighted by Crippen LogP contribution is -2.68. The van der Waals surface area contributed by atoms with Crippen LogP contribution in [0.2, 0.25) is 0 Å².